The van der Waals surface area contributed by atoms with E-state index in [9.17, 15) is 13.2 Å². The highest BCUT2D eigenvalue weighted by Crippen LogP contribution is 2.47. The van der Waals surface area contributed by atoms with Crippen LogP contribution in [0.2, 0.25) is 0 Å². The molecule has 1 aliphatic carbocycles. The summed E-state index contributed by atoms with van der Waals surface area (Å²) in [7, 11) is 3.82. The summed E-state index contributed by atoms with van der Waals surface area (Å²) in [6.45, 7) is 8.32. The van der Waals surface area contributed by atoms with E-state index >= 15 is 0 Å². The molecule has 6 rings (SSSR count). The Kier molecular flexibility index (Phi) is 9.60. The third-order valence-corrected chi connectivity index (χ3v) is 9.65. The number of fused-ring (bicyclic) bond motifs is 1. The molecule has 11 heteroatoms. The molecule has 3 aromatic carbocycles. The lowest BCUT2D eigenvalue weighted by Crippen LogP contribution is -2.39. The summed E-state index contributed by atoms with van der Waals surface area (Å²) in [6, 6.07) is 17.4. The molecule has 0 spiro atoms. The van der Waals surface area contributed by atoms with Crippen molar-refractivity contribution in [3.05, 3.63) is 77.6 Å². The topological polar surface area (TPSA) is 88.8 Å². The summed E-state index contributed by atoms with van der Waals surface area (Å²) < 4.78 is 52.7. The quantitative estimate of drug-likeness (QED) is 0.149. The maximum Gasteiger partial charge on any atom is 0.416 e. The van der Waals surface area contributed by atoms with E-state index in [1.807, 2.05) is 12.1 Å². The van der Waals surface area contributed by atoms with Crippen molar-refractivity contribution in [3.8, 4) is 11.5 Å². The lowest BCUT2D eigenvalue weighted by atomic mass is 9.95. The van der Waals surface area contributed by atoms with Crippen LogP contribution in [0.25, 0.3) is 10.9 Å². The van der Waals surface area contributed by atoms with Crippen LogP contribution in [0.3, 0.4) is 0 Å². The van der Waals surface area contributed by atoms with Crippen LogP contribution in [-0.2, 0) is 6.18 Å². The number of para-hydroxylation sites is 1. The number of halogens is 3. The molecule has 1 saturated heterocycles. The molecule has 1 aliphatic heterocycles. The van der Waals surface area contributed by atoms with Crippen LogP contribution in [0.4, 0.5) is 30.4 Å². The highest BCUT2D eigenvalue weighted by molar-refractivity contribution is 5.92. The number of aromatic nitrogens is 2. The van der Waals surface area contributed by atoms with E-state index in [0.29, 0.717) is 52.1 Å². The first kappa shape index (κ1) is 33.6. The number of ether oxygens (including phenoxy) is 2. The Morgan fingerprint density at radius 3 is 2.44 bits per heavy atom. The van der Waals surface area contributed by atoms with E-state index in [-0.39, 0.29) is 11.1 Å². The van der Waals surface area contributed by atoms with Crippen molar-refractivity contribution < 1.29 is 22.6 Å². The smallest absolute Gasteiger partial charge is 0.416 e. The van der Waals surface area contributed by atoms with Gasteiger partial charge in [0.1, 0.15) is 11.6 Å². The van der Waals surface area contributed by atoms with Crippen LogP contribution in [0.15, 0.2) is 60.7 Å². The van der Waals surface area contributed by atoms with Crippen molar-refractivity contribution >= 4 is 28.1 Å². The molecule has 0 amide bonds. The number of rotatable bonds is 12. The molecule has 256 valence electrons. The summed E-state index contributed by atoms with van der Waals surface area (Å²) in [5, 5.41) is 3.98. The molecule has 4 aromatic rings. The predicted octanol–water partition coefficient (Wildman–Crippen LogP) is 7.73. The molecular formula is C37H45F3N6O2. The fourth-order valence-electron chi connectivity index (χ4n) is 6.86. The Hall–Kier alpha value is -4.25. The molecule has 0 bridgehead atoms. The molecule has 1 saturated carbocycles. The van der Waals surface area contributed by atoms with Gasteiger partial charge < -0.3 is 30.3 Å². The summed E-state index contributed by atoms with van der Waals surface area (Å²) in [6.07, 6.45) is 0.0845. The van der Waals surface area contributed by atoms with Gasteiger partial charge >= 0.3 is 6.18 Å². The summed E-state index contributed by atoms with van der Waals surface area (Å²) >= 11 is 0. The van der Waals surface area contributed by atoms with Crippen molar-refractivity contribution in [2.24, 2.45) is 11.3 Å². The van der Waals surface area contributed by atoms with Crippen LogP contribution in [0.5, 0.6) is 11.5 Å². The number of anilines is 3. The molecule has 1 aromatic heterocycles. The normalized spacial score (nSPS) is 17.0. The van der Waals surface area contributed by atoms with Crippen LogP contribution in [0, 0.1) is 18.3 Å². The Morgan fingerprint density at radius 2 is 1.77 bits per heavy atom. The molecule has 2 heterocycles. The van der Waals surface area contributed by atoms with Crippen molar-refractivity contribution in [1.82, 2.24) is 14.9 Å². The van der Waals surface area contributed by atoms with Gasteiger partial charge in [-0.15, -0.1) is 0 Å². The van der Waals surface area contributed by atoms with Crippen LogP contribution in [0.1, 0.15) is 55.6 Å². The number of hydrogen-bond acceptors (Lipinski definition) is 8. The second-order valence-corrected chi connectivity index (χ2v) is 13.6. The maximum absolute atomic E-state index is 13.5. The first-order chi connectivity index (χ1) is 22.9. The fourth-order valence-corrected chi connectivity index (χ4v) is 6.86. The third-order valence-electron chi connectivity index (χ3n) is 9.65. The lowest BCUT2D eigenvalue weighted by molar-refractivity contribution is -0.137. The number of aryl methyl sites for hydroxylation is 1. The van der Waals surface area contributed by atoms with Gasteiger partial charge in [-0.2, -0.15) is 13.2 Å². The predicted molar refractivity (Wildman–Crippen MR) is 185 cm³/mol. The summed E-state index contributed by atoms with van der Waals surface area (Å²) in [4.78, 5) is 14.2. The van der Waals surface area contributed by atoms with E-state index in [0.717, 1.165) is 51.2 Å². The Labute approximate surface area is 280 Å². The van der Waals surface area contributed by atoms with Crippen molar-refractivity contribution in [2.75, 3.05) is 62.9 Å². The van der Waals surface area contributed by atoms with Crippen LogP contribution < -0.4 is 25.4 Å². The second-order valence-electron chi connectivity index (χ2n) is 13.6. The molecule has 48 heavy (non-hydrogen) atoms. The lowest BCUT2D eigenvalue weighted by Gasteiger charge is -2.36. The van der Waals surface area contributed by atoms with Crippen molar-refractivity contribution in [1.29, 1.82) is 0 Å². The number of hydrogen-bond donors (Lipinski definition) is 2. The average Bonchev–Trinajstić information content (AvgIpc) is 3.82. The largest absolute Gasteiger partial charge is 0.493 e. The fraction of sp³-hybridized carbons (Fsp3) is 0.459. The minimum Gasteiger partial charge on any atom is -0.493 e. The van der Waals surface area contributed by atoms with Crippen LogP contribution >= 0.6 is 0 Å². The molecule has 2 fully saturated rings. The minimum atomic E-state index is -4.50. The number of methoxy groups -OCH3 is 1. The summed E-state index contributed by atoms with van der Waals surface area (Å²) in [5.74, 6) is 2.84. The van der Waals surface area contributed by atoms with Gasteiger partial charge in [-0.1, -0.05) is 18.2 Å². The third kappa shape index (κ3) is 7.89. The Morgan fingerprint density at radius 1 is 1.04 bits per heavy atom. The zero-order valence-electron chi connectivity index (χ0n) is 28.1. The Bertz CT molecular complexity index is 1720. The van der Waals surface area contributed by atoms with Gasteiger partial charge in [-0.05, 0) is 94.5 Å². The number of nitrogens with one attached hydrogen (secondary N) is 1. The van der Waals surface area contributed by atoms with Crippen molar-refractivity contribution in [2.45, 2.75) is 51.7 Å². The molecule has 2 aliphatic rings. The number of benzene rings is 3. The van der Waals surface area contributed by atoms with Gasteiger partial charge in [0.25, 0.3) is 0 Å². The van der Waals surface area contributed by atoms with E-state index in [1.165, 1.54) is 18.5 Å². The molecule has 3 N–H and O–H groups in total. The number of nitrogens with two attached hydrogens (primary N) is 1. The minimum absolute atomic E-state index is 0.0470. The van der Waals surface area contributed by atoms with E-state index < -0.39 is 17.8 Å². The number of alkyl halides is 3. The van der Waals surface area contributed by atoms with Gasteiger partial charge in [0.2, 0.25) is 0 Å². The van der Waals surface area contributed by atoms with Crippen molar-refractivity contribution in [3.63, 3.8) is 0 Å². The molecule has 1 unspecified atom stereocenters. The van der Waals surface area contributed by atoms with Gasteiger partial charge in [-0.3, -0.25) is 0 Å². The number of nitrogens with zero attached hydrogens (tertiary/aromatic N) is 4. The number of piperidine rings is 1. The number of nitrogen functional groups attached to an aromatic ring is 1. The first-order valence-corrected chi connectivity index (χ1v) is 16.6. The molecular weight excluding hydrogens is 617 g/mol. The SMILES string of the molecule is COc1cc2nc(C)nc(NC(C)c3cc(N)cc(C(F)(F)F)c3)c2cc1OCC1(CN(C)CC2CCN(c3ccccc3)CC2)CC1. The molecule has 0 radical (unpaired) electrons. The van der Waals surface area contributed by atoms with Gasteiger partial charge in [0.15, 0.2) is 11.5 Å². The second kappa shape index (κ2) is 13.7. The zero-order valence-corrected chi connectivity index (χ0v) is 28.1. The van der Waals surface area contributed by atoms with E-state index in [2.05, 4.69) is 62.5 Å². The van der Waals surface area contributed by atoms with E-state index in [1.54, 1.807) is 27.0 Å². The van der Waals surface area contributed by atoms with Crippen LogP contribution in [-0.4, -0.2) is 61.8 Å². The maximum atomic E-state index is 13.5. The summed E-state index contributed by atoms with van der Waals surface area (Å²) in [5.41, 5.74) is 7.54. The monoisotopic (exact) mass is 662 g/mol. The average molecular weight is 663 g/mol. The Balaban J connectivity index is 1.12. The highest BCUT2D eigenvalue weighted by atomic mass is 19.4. The highest BCUT2D eigenvalue weighted by Gasteiger charge is 2.44. The van der Waals surface area contributed by atoms with Gasteiger partial charge in [-0.25, -0.2) is 9.97 Å². The first-order valence-electron chi connectivity index (χ1n) is 16.6. The molecule has 8 nitrogen and oxygen atoms in total. The van der Waals surface area contributed by atoms with Gasteiger partial charge in [0.05, 0.1) is 30.8 Å². The standard InChI is InChI=1S/C37H45F3N6O2/c1-24(27-16-28(37(38,39)40)18-29(41)17-27)42-35-31-19-34(33(47-4)20-32(31)43-25(2)44-35)48-23-36(12-13-36)22-45(3)21-26-10-14-46(15-11-26)30-8-6-5-7-9-30/h5-9,16-20,24,26H,10-15,21-23,41H2,1-4H3,(H,42,43,44). The van der Waals surface area contributed by atoms with Gasteiger partial charge in [0, 0.05) is 54.4 Å². The van der Waals surface area contributed by atoms with E-state index in [4.69, 9.17) is 15.2 Å². The molecule has 1 atom stereocenters. The zero-order chi connectivity index (χ0) is 34.1.